The number of pyridine rings is 1. The number of ether oxygens (including phenoxy) is 3. The zero-order valence-electron chi connectivity index (χ0n) is 15.5. The molecule has 0 N–H and O–H groups in total. The van der Waals surface area contributed by atoms with Crippen molar-refractivity contribution < 1.29 is 19.0 Å². The summed E-state index contributed by atoms with van der Waals surface area (Å²) in [5.74, 6) is 0.629. The lowest BCUT2D eigenvalue weighted by molar-refractivity contribution is -0.00761. The van der Waals surface area contributed by atoms with E-state index >= 15 is 0 Å². The lowest BCUT2D eigenvalue weighted by atomic mass is 10.0. The van der Waals surface area contributed by atoms with Gasteiger partial charge in [-0.05, 0) is 45.2 Å². The minimum absolute atomic E-state index is 0.0847. The number of nitrogens with zero attached hydrogens (tertiary/aromatic N) is 2. The zero-order valence-corrected chi connectivity index (χ0v) is 15.5. The third-order valence-corrected chi connectivity index (χ3v) is 4.69. The molecule has 2 saturated heterocycles. The Labute approximate surface area is 149 Å². The number of methoxy groups -OCH3 is 1. The Morgan fingerprint density at radius 3 is 2.56 bits per heavy atom. The van der Waals surface area contributed by atoms with Crippen molar-refractivity contribution in [2.45, 2.75) is 76.9 Å². The highest BCUT2D eigenvalue weighted by Gasteiger charge is 2.45. The van der Waals surface area contributed by atoms with Gasteiger partial charge >= 0.3 is 6.09 Å². The van der Waals surface area contributed by atoms with Crippen molar-refractivity contribution in [3.05, 3.63) is 23.9 Å². The fourth-order valence-electron chi connectivity index (χ4n) is 3.78. The summed E-state index contributed by atoms with van der Waals surface area (Å²) in [6, 6.07) is 4.23. The van der Waals surface area contributed by atoms with E-state index in [0.717, 1.165) is 31.2 Å². The molecule has 6 nitrogen and oxygen atoms in total. The van der Waals surface area contributed by atoms with E-state index in [1.165, 1.54) is 0 Å². The van der Waals surface area contributed by atoms with Crippen LogP contribution in [-0.2, 0) is 16.1 Å². The van der Waals surface area contributed by atoms with Crippen LogP contribution < -0.4 is 4.74 Å². The summed E-state index contributed by atoms with van der Waals surface area (Å²) in [5, 5.41) is 0. The van der Waals surface area contributed by atoms with Crippen LogP contribution in [-0.4, -0.2) is 46.9 Å². The zero-order chi connectivity index (χ0) is 18.0. The molecule has 0 spiro atoms. The molecule has 2 atom stereocenters. The molecule has 2 aliphatic rings. The quantitative estimate of drug-likeness (QED) is 0.833. The Balaban J connectivity index is 1.62. The van der Waals surface area contributed by atoms with Gasteiger partial charge in [-0.3, -0.25) is 0 Å². The first-order valence-corrected chi connectivity index (χ1v) is 8.97. The molecule has 3 rings (SSSR count). The van der Waals surface area contributed by atoms with E-state index in [9.17, 15) is 4.79 Å². The number of piperidine rings is 1. The van der Waals surface area contributed by atoms with E-state index in [-0.39, 0.29) is 24.3 Å². The summed E-state index contributed by atoms with van der Waals surface area (Å²) in [6.07, 6.45) is 5.31. The molecule has 0 aromatic carbocycles. The number of hydrogen-bond donors (Lipinski definition) is 0. The van der Waals surface area contributed by atoms with Gasteiger partial charge in [-0.25, -0.2) is 9.78 Å². The number of carbonyl (C=O) groups is 1. The van der Waals surface area contributed by atoms with Crippen LogP contribution in [0.15, 0.2) is 18.3 Å². The van der Waals surface area contributed by atoms with Crippen molar-refractivity contribution in [1.82, 2.24) is 9.88 Å². The van der Waals surface area contributed by atoms with Gasteiger partial charge in [0.15, 0.2) is 0 Å². The van der Waals surface area contributed by atoms with Crippen molar-refractivity contribution in [2.24, 2.45) is 0 Å². The van der Waals surface area contributed by atoms with Crippen LogP contribution in [0.5, 0.6) is 5.88 Å². The van der Waals surface area contributed by atoms with E-state index in [2.05, 4.69) is 4.98 Å². The Kier molecular flexibility index (Phi) is 5.18. The molecule has 0 radical (unpaired) electrons. The van der Waals surface area contributed by atoms with Crippen molar-refractivity contribution in [1.29, 1.82) is 0 Å². The second-order valence-corrected chi connectivity index (χ2v) is 7.92. The standard InChI is InChI=1S/C19H28N2O4/c1-19(2,3)25-18(22)21-14-5-6-15(21)11-16(10-14)24-17-9-13(12-23-4)7-8-20-17/h7-9,14-16H,5-6,10-12H2,1-4H3/t14-,15-/m1/s1. The highest BCUT2D eigenvalue weighted by Crippen LogP contribution is 2.38. The van der Waals surface area contributed by atoms with Crippen LogP contribution >= 0.6 is 0 Å². The molecule has 2 fully saturated rings. The number of rotatable bonds is 4. The van der Waals surface area contributed by atoms with Gasteiger partial charge in [-0.1, -0.05) is 0 Å². The van der Waals surface area contributed by atoms with Crippen molar-refractivity contribution >= 4 is 6.09 Å². The summed E-state index contributed by atoms with van der Waals surface area (Å²) >= 11 is 0. The monoisotopic (exact) mass is 348 g/mol. The molecule has 0 aliphatic carbocycles. The minimum atomic E-state index is -0.463. The van der Waals surface area contributed by atoms with Gasteiger partial charge in [0.2, 0.25) is 5.88 Å². The van der Waals surface area contributed by atoms with Gasteiger partial charge in [0.25, 0.3) is 0 Å². The third kappa shape index (κ3) is 4.42. The molecule has 1 amide bonds. The number of aromatic nitrogens is 1. The number of carbonyl (C=O) groups excluding carboxylic acids is 1. The average molecular weight is 348 g/mol. The van der Waals surface area contributed by atoms with E-state index in [4.69, 9.17) is 14.2 Å². The van der Waals surface area contributed by atoms with Crippen molar-refractivity contribution in [2.75, 3.05) is 7.11 Å². The van der Waals surface area contributed by atoms with E-state index in [1.54, 1.807) is 13.3 Å². The molecule has 1 aromatic rings. The van der Waals surface area contributed by atoms with E-state index < -0.39 is 5.60 Å². The molecular weight excluding hydrogens is 320 g/mol. The maximum Gasteiger partial charge on any atom is 0.410 e. The Morgan fingerprint density at radius 2 is 1.96 bits per heavy atom. The highest BCUT2D eigenvalue weighted by atomic mass is 16.6. The Bertz CT molecular complexity index is 600. The van der Waals surface area contributed by atoms with Crippen LogP contribution in [0.1, 0.15) is 52.0 Å². The maximum absolute atomic E-state index is 12.5. The summed E-state index contributed by atoms with van der Waals surface area (Å²) < 4.78 is 16.8. The van der Waals surface area contributed by atoms with E-state index in [0.29, 0.717) is 12.5 Å². The first-order chi connectivity index (χ1) is 11.9. The SMILES string of the molecule is COCc1ccnc(OC2C[C@H]3CC[C@H](C2)N3C(=O)OC(C)(C)C)c1. The van der Waals surface area contributed by atoms with Gasteiger partial charge in [-0.15, -0.1) is 0 Å². The van der Waals surface area contributed by atoms with Crippen LogP contribution in [0.25, 0.3) is 0 Å². The minimum Gasteiger partial charge on any atom is -0.474 e. The molecule has 0 saturated carbocycles. The fourth-order valence-corrected chi connectivity index (χ4v) is 3.78. The Hall–Kier alpha value is -1.82. The predicted molar refractivity (Wildman–Crippen MR) is 93.5 cm³/mol. The molecule has 138 valence electrons. The summed E-state index contributed by atoms with van der Waals surface area (Å²) in [5.41, 5.74) is 0.580. The largest absolute Gasteiger partial charge is 0.474 e. The number of amides is 1. The van der Waals surface area contributed by atoms with Crippen molar-refractivity contribution in [3.8, 4) is 5.88 Å². The lowest BCUT2D eigenvalue weighted by Gasteiger charge is -2.39. The first-order valence-electron chi connectivity index (χ1n) is 8.97. The second-order valence-electron chi connectivity index (χ2n) is 7.92. The summed E-state index contributed by atoms with van der Waals surface area (Å²) in [7, 11) is 1.67. The third-order valence-electron chi connectivity index (χ3n) is 4.69. The van der Waals surface area contributed by atoms with Gasteiger partial charge in [0.05, 0.1) is 6.61 Å². The molecule has 2 aliphatic heterocycles. The lowest BCUT2D eigenvalue weighted by Crippen LogP contribution is -2.50. The molecule has 6 heteroatoms. The van der Waals surface area contributed by atoms with Gasteiger partial charge in [-0.2, -0.15) is 0 Å². The van der Waals surface area contributed by atoms with Gasteiger partial charge in [0.1, 0.15) is 11.7 Å². The molecular formula is C19H28N2O4. The molecule has 1 aromatic heterocycles. The van der Waals surface area contributed by atoms with Crippen LogP contribution in [0.4, 0.5) is 4.79 Å². The number of hydrogen-bond acceptors (Lipinski definition) is 5. The van der Waals surface area contributed by atoms with Crippen LogP contribution in [0, 0.1) is 0 Å². The van der Waals surface area contributed by atoms with Crippen molar-refractivity contribution in [3.63, 3.8) is 0 Å². The molecule has 0 unspecified atom stereocenters. The molecule has 3 heterocycles. The second kappa shape index (κ2) is 7.20. The summed E-state index contributed by atoms with van der Waals surface area (Å²) in [4.78, 5) is 18.7. The maximum atomic E-state index is 12.5. The average Bonchev–Trinajstić information content (AvgIpc) is 2.78. The van der Waals surface area contributed by atoms with Gasteiger partial charge in [0, 0.05) is 44.3 Å². The fraction of sp³-hybridized carbons (Fsp3) is 0.684. The normalized spacial score (nSPS) is 25.8. The topological polar surface area (TPSA) is 60.9 Å². The van der Waals surface area contributed by atoms with Crippen LogP contribution in [0.3, 0.4) is 0 Å². The van der Waals surface area contributed by atoms with Crippen LogP contribution in [0.2, 0.25) is 0 Å². The summed E-state index contributed by atoms with van der Waals surface area (Å²) in [6.45, 7) is 6.26. The predicted octanol–water partition coefficient (Wildman–Crippen LogP) is 3.54. The first kappa shape index (κ1) is 18.0. The van der Waals surface area contributed by atoms with E-state index in [1.807, 2.05) is 37.8 Å². The smallest absolute Gasteiger partial charge is 0.410 e. The Morgan fingerprint density at radius 1 is 1.28 bits per heavy atom. The molecule has 25 heavy (non-hydrogen) atoms. The number of fused-ring (bicyclic) bond motifs is 2. The van der Waals surface area contributed by atoms with Gasteiger partial charge < -0.3 is 19.1 Å². The highest BCUT2D eigenvalue weighted by molar-refractivity contribution is 5.69. The molecule has 2 bridgehead atoms.